The summed E-state index contributed by atoms with van der Waals surface area (Å²) in [6, 6.07) is 8.38. The number of aromatic carboxylic acids is 1. The van der Waals surface area contributed by atoms with Crippen LogP contribution in [0.25, 0.3) is 10.9 Å². The molecule has 4 rings (SSSR count). The summed E-state index contributed by atoms with van der Waals surface area (Å²) in [5.74, 6) is -0.377. The Morgan fingerprint density at radius 1 is 1.30 bits per heavy atom. The molecule has 0 radical (unpaired) electrons. The lowest BCUT2D eigenvalue weighted by molar-refractivity contribution is 0.0695. The standard InChI is InChI=1S/C23H26N2O2/c1-3-4-5-17-10-15(11-18-8-9-25(2)22(17)18)12-21-20(23(26)27)13-19(14-24-21)16-6-7-16/h8-11,13-14,16H,3-7,12H2,1-2H3,(H,26,27). The van der Waals surface area contributed by atoms with Crippen LogP contribution in [0.2, 0.25) is 0 Å². The largest absolute Gasteiger partial charge is 0.478 e. The van der Waals surface area contributed by atoms with Crippen molar-refractivity contribution in [2.45, 2.75) is 51.4 Å². The van der Waals surface area contributed by atoms with E-state index in [1.807, 2.05) is 12.3 Å². The predicted octanol–water partition coefficient (Wildman–Crippen LogP) is 5.08. The summed E-state index contributed by atoms with van der Waals surface area (Å²) < 4.78 is 2.18. The summed E-state index contributed by atoms with van der Waals surface area (Å²) in [5, 5.41) is 10.9. The van der Waals surface area contributed by atoms with E-state index in [1.165, 1.54) is 16.5 Å². The third kappa shape index (κ3) is 3.61. The van der Waals surface area contributed by atoms with Gasteiger partial charge in [0, 0.05) is 31.2 Å². The zero-order valence-electron chi connectivity index (χ0n) is 16.0. The van der Waals surface area contributed by atoms with Gasteiger partial charge in [0.2, 0.25) is 0 Å². The Morgan fingerprint density at radius 3 is 2.81 bits per heavy atom. The van der Waals surface area contributed by atoms with E-state index < -0.39 is 5.97 Å². The molecule has 27 heavy (non-hydrogen) atoms. The molecule has 1 fully saturated rings. The van der Waals surface area contributed by atoms with Crippen LogP contribution in [0.15, 0.2) is 36.7 Å². The number of hydrogen-bond donors (Lipinski definition) is 1. The Hall–Kier alpha value is -2.62. The lowest BCUT2D eigenvalue weighted by Gasteiger charge is -2.11. The quantitative estimate of drug-likeness (QED) is 0.637. The predicted molar refractivity (Wildman–Crippen MR) is 108 cm³/mol. The number of carboxylic acids is 1. The van der Waals surface area contributed by atoms with Gasteiger partial charge < -0.3 is 9.67 Å². The van der Waals surface area contributed by atoms with Gasteiger partial charge in [-0.2, -0.15) is 0 Å². The van der Waals surface area contributed by atoms with Gasteiger partial charge >= 0.3 is 5.97 Å². The molecular formula is C23H26N2O2. The van der Waals surface area contributed by atoms with E-state index >= 15 is 0 Å². The first kappa shape index (κ1) is 17.8. The van der Waals surface area contributed by atoms with E-state index in [0.717, 1.165) is 43.2 Å². The SMILES string of the molecule is CCCCc1cc(Cc2ncc(C3CC3)cc2C(=O)O)cc2ccn(C)c12. The highest BCUT2D eigenvalue weighted by Gasteiger charge is 2.26. The highest BCUT2D eigenvalue weighted by atomic mass is 16.4. The molecule has 0 aliphatic heterocycles. The van der Waals surface area contributed by atoms with Gasteiger partial charge in [0.25, 0.3) is 0 Å². The monoisotopic (exact) mass is 362 g/mol. The second-order valence-corrected chi connectivity index (χ2v) is 7.74. The lowest BCUT2D eigenvalue weighted by atomic mass is 9.97. The number of hydrogen-bond acceptors (Lipinski definition) is 2. The lowest BCUT2D eigenvalue weighted by Crippen LogP contribution is -2.07. The van der Waals surface area contributed by atoms with Crippen molar-refractivity contribution in [2.75, 3.05) is 0 Å². The number of rotatable bonds is 7. The van der Waals surface area contributed by atoms with Crippen LogP contribution >= 0.6 is 0 Å². The Balaban J connectivity index is 1.71. The fourth-order valence-corrected chi connectivity index (χ4v) is 3.94. The molecule has 1 N–H and O–H groups in total. The summed E-state index contributed by atoms with van der Waals surface area (Å²) >= 11 is 0. The first-order valence-corrected chi connectivity index (χ1v) is 9.85. The maximum atomic E-state index is 11.8. The highest BCUT2D eigenvalue weighted by Crippen LogP contribution is 2.40. The van der Waals surface area contributed by atoms with E-state index in [4.69, 9.17) is 0 Å². The maximum Gasteiger partial charge on any atom is 0.337 e. The minimum absolute atomic E-state index is 0.350. The zero-order valence-corrected chi connectivity index (χ0v) is 16.0. The minimum Gasteiger partial charge on any atom is -0.478 e. The molecule has 4 heteroatoms. The van der Waals surface area contributed by atoms with Gasteiger partial charge in [-0.15, -0.1) is 0 Å². The van der Waals surface area contributed by atoms with Crippen LogP contribution in [0.1, 0.15) is 71.3 Å². The van der Waals surface area contributed by atoms with Crippen LogP contribution < -0.4 is 0 Å². The summed E-state index contributed by atoms with van der Waals surface area (Å²) in [4.78, 5) is 16.3. The van der Waals surface area contributed by atoms with E-state index in [-0.39, 0.29) is 0 Å². The molecule has 4 nitrogen and oxygen atoms in total. The first-order valence-electron chi connectivity index (χ1n) is 9.85. The van der Waals surface area contributed by atoms with E-state index in [0.29, 0.717) is 23.6 Å². The van der Waals surface area contributed by atoms with Gasteiger partial charge in [0.05, 0.1) is 16.8 Å². The molecule has 2 aromatic heterocycles. The molecule has 2 heterocycles. The van der Waals surface area contributed by atoms with Gasteiger partial charge in [-0.1, -0.05) is 19.4 Å². The smallest absolute Gasteiger partial charge is 0.337 e. The molecule has 0 bridgehead atoms. The topological polar surface area (TPSA) is 55.1 Å². The van der Waals surface area contributed by atoms with Gasteiger partial charge in [0.1, 0.15) is 0 Å². The molecule has 1 saturated carbocycles. The van der Waals surface area contributed by atoms with Crippen molar-refractivity contribution in [2.24, 2.45) is 7.05 Å². The van der Waals surface area contributed by atoms with Gasteiger partial charge in [-0.3, -0.25) is 4.98 Å². The van der Waals surface area contributed by atoms with Crippen LogP contribution in [0, 0.1) is 0 Å². The second kappa shape index (κ2) is 7.18. The van der Waals surface area contributed by atoms with Crippen molar-refractivity contribution in [1.82, 2.24) is 9.55 Å². The molecule has 0 spiro atoms. The number of nitrogens with zero attached hydrogens (tertiary/aromatic N) is 2. The number of aromatic nitrogens is 2. The van der Waals surface area contributed by atoms with Crippen molar-refractivity contribution >= 4 is 16.9 Å². The zero-order chi connectivity index (χ0) is 19.0. The van der Waals surface area contributed by atoms with Crippen molar-refractivity contribution < 1.29 is 9.90 Å². The summed E-state index contributed by atoms with van der Waals surface area (Å²) in [7, 11) is 2.08. The number of carboxylic acid groups (broad SMARTS) is 1. The van der Waals surface area contributed by atoms with Crippen molar-refractivity contribution in [3.05, 3.63) is 64.6 Å². The number of unbranched alkanes of at least 4 members (excludes halogenated alkanes) is 1. The minimum atomic E-state index is -0.882. The molecule has 0 atom stereocenters. The third-order valence-electron chi connectivity index (χ3n) is 5.55. The summed E-state index contributed by atoms with van der Waals surface area (Å²) in [5.41, 5.74) is 5.82. The van der Waals surface area contributed by atoms with Crippen molar-refractivity contribution in [3.63, 3.8) is 0 Å². The normalized spacial score (nSPS) is 14.0. The summed E-state index contributed by atoms with van der Waals surface area (Å²) in [6.45, 7) is 2.20. The molecule has 1 aromatic carbocycles. The number of pyridine rings is 1. The molecule has 3 aromatic rings. The van der Waals surface area contributed by atoms with E-state index in [1.54, 1.807) is 0 Å². The Kier molecular flexibility index (Phi) is 4.73. The average Bonchev–Trinajstić information content (AvgIpc) is 3.43. The number of fused-ring (bicyclic) bond motifs is 1. The number of aryl methyl sites for hydroxylation is 2. The third-order valence-corrected chi connectivity index (χ3v) is 5.55. The Morgan fingerprint density at radius 2 is 2.11 bits per heavy atom. The van der Waals surface area contributed by atoms with Gasteiger partial charge in [0.15, 0.2) is 0 Å². The molecule has 0 unspecified atom stereocenters. The van der Waals surface area contributed by atoms with Crippen molar-refractivity contribution in [1.29, 1.82) is 0 Å². The molecule has 0 amide bonds. The van der Waals surface area contributed by atoms with Gasteiger partial charge in [-0.05, 0) is 66.5 Å². The first-order chi connectivity index (χ1) is 13.1. The molecule has 0 saturated heterocycles. The van der Waals surface area contributed by atoms with Crippen LogP contribution in [0.3, 0.4) is 0 Å². The number of benzene rings is 1. The van der Waals surface area contributed by atoms with E-state index in [2.05, 4.69) is 47.9 Å². The van der Waals surface area contributed by atoms with Crippen LogP contribution in [-0.4, -0.2) is 20.6 Å². The second-order valence-electron chi connectivity index (χ2n) is 7.74. The molecular weight excluding hydrogens is 336 g/mol. The molecule has 140 valence electrons. The Bertz CT molecular complexity index is 999. The Labute approximate surface area is 159 Å². The maximum absolute atomic E-state index is 11.8. The fourth-order valence-electron chi connectivity index (χ4n) is 3.94. The summed E-state index contributed by atoms with van der Waals surface area (Å²) in [6.07, 6.45) is 10.2. The van der Waals surface area contributed by atoms with Crippen LogP contribution in [0.5, 0.6) is 0 Å². The fraction of sp³-hybridized carbons (Fsp3) is 0.391. The number of carbonyl (C=O) groups is 1. The average molecular weight is 362 g/mol. The molecule has 1 aliphatic carbocycles. The van der Waals surface area contributed by atoms with Gasteiger partial charge in [-0.25, -0.2) is 4.79 Å². The van der Waals surface area contributed by atoms with Crippen molar-refractivity contribution in [3.8, 4) is 0 Å². The highest BCUT2D eigenvalue weighted by molar-refractivity contribution is 5.89. The van der Waals surface area contributed by atoms with E-state index in [9.17, 15) is 9.90 Å². The molecule has 1 aliphatic rings. The van der Waals surface area contributed by atoms with Crippen LogP contribution in [-0.2, 0) is 19.9 Å². The van der Waals surface area contributed by atoms with Crippen LogP contribution in [0.4, 0.5) is 0 Å².